The van der Waals surface area contributed by atoms with Crippen LogP contribution in [-0.2, 0) is 6.42 Å². The molecular weight excluding hydrogens is 556 g/mol. The second-order valence-corrected chi connectivity index (χ2v) is 11.5. The van der Waals surface area contributed by atoms with E-state index in [0.29, 0.717) is 0 Å². The first-order valence-corrected chi connectivity index (χ1v) is 16.5. The van der Waals surface area contributed by atoms with Crippen molar-refractivity contribution in [2.24, 2.45) is 0 Å². The summed E-state index contributed by atoms with van der Waals surface area (Å²) in [6, 6.07) is 20.0. The summed E-state index contributed by atoms with van der Waals surface area (Å²) in [5, 5.41) is 10.4. The maximum absolute atomic E-state index is 7.89. The van der Waals surface area contributed by atoms with Gasteiger partial charge in [0.2, 0.25) is 11.4 Å². The number of allylic oxidation sites excluding steroid dienone is 14. The van der Waals surface area contributed by atoms with Crippen LogP contribution >= 0.6 is 0 Å². The summed E-state index contributed by atoms with van der Waals surface area (Å²) in [7, 11) is 0. The summed E-state index contributed by atoms with van der Waals surface area (Å²) in [5.74, 6) is 0. The third-order valence-electron chi connectivity index (χ3n) is 8.90. The van der Waals surface area contributed by atoms with E-state index in [1.165, 1.54) is 67.4 Å². The molecule has 2 aliphatic rings. The number of nitrogens with one attached hydrogen (secondary N) is 1. The number of fused-ring (bicyclic) bond motifs is 3. The summed E-state index contributed by atoms with van der Waals surface area (Å²) in [6.07, 6.45) is 30.4. The molecule has 5 rings (SSSR count). The van der Waals surface area contributed by atoms with Gasteiger partial charge in [-0.05, 0) is 89.8 Å². The third-order valence-corrected chi connectivity index (χ3v) is 8.90. The maximum Gasteiger partial charge on any atom is 0.222 e. The van der Waals surface area contributed by atoms with Gasteiger partial charge >= 0.3 is 0 Å². The second kappa shape index (κ2) is 15.3. The molecule has 0 atom stereocenters. The van der Waals surface area contributed by atoms with Crippen LogP contribution in [0.15, 0.2) is 139 Å². The van der Waals surface area contributed by atoms with Crippen molar-refractivity contribution in [3.63, 3.8) is 0 Å². The van der Waals surface area contributed by atoms with Gasteiger partial charge < -0.3 is 5.41 Å². The van der Waals surface area contributed by atoms with E-state index in [1.807, 2.05) is 32.1 Å². The zero-order valence-corrected chi connectivity index (χ0v) is 27.7. The highest BCUT2D eigenvalue weighted by molar-refractivity contribution is 6.08. The standard InChI is InChI=1S/C44H45N2/c1-6-11-13-15-19-34-22-25-39(41-21-17-16-20-38(34)41)32(8-3)30-43-37(10-5)42-27-24-36-29-35(33(9-4)31-45)23-26-40(36)44(42)46(43)28-18-14-12-7-2/h6-7,9,11-23,25-26,28-31,45H,1,8,10,24,27H2,2-5H3/q+1/b12-7-,13-11-,18-14-,19-15?,32-30+,33-9+,45-31?,46-28?. The van der Waals surface area contributed by atoms with Crippen LogP contribution < -0.4 is 0 Å². The second-order valence-electron chi connectivity index (χ2n) is 11.5. The van der Waals surface area contributed by atoms with Gasteiger partial charge in [-0.25, -0.2) is 0 Å². The molecule has 0 saturated carbocycles. The number of hydrogen-bond donors (Lipinski definition) is 1. The number of hydrogen-bond acceptors (Lipinski definition) is 1. The van der Waals surface area contributed by atoms with E-state index in [4.69, 9.17) is 5.41 Å². The van der Waals surface area contributed by atoms with Crippen LogP contribution in [0, 0.1) is 5.41 Å². The monoisotopic (exact) mass is 601 g/mol. The fourth-order valence-corrected chi connectivity index (χ4v) is 6.68. The average Bonchev–Trinajstić information content (AvgIpc) is 3.40. The zero-order chi connectivity index (χ0) is 32.5. The zero-order valence-electron chi connectivity index (χ0n) is 27.7. The van der Waals surface area contributed by atoms with Gasteiger partial charge in [0.05, 0.1) is 5.56 Å². The van der Waals surface area contributed by atoms with Gasteiger partial charge in [0.1, 0.15) is 0 Å². The highest BCUT2D eigenvalue weighted by Crippen LogP contribution is 2.45. The van der Waals surface area contributed by atoms with E-state index in [-0.39, 0.29) is 0 Å². The van der Waals surface area contributed by atoms with Gasteiger partial charge in [0.15, 0.2) is 6.21 Å². The lowest BCUT2D eigenvalue weighted by Crippen LogP contribution is -2.12. The average molecular weight is 602 g/mol. The Morgan fingerprint density at radius 3 is 2.41 bits per heavy atom. The molecule has 0 unspecified atom stereocenters. The summed E-state index contributed by atoms with van der Waals surface area (Å²) in [6.45, 7) is 12.4. The summed E-state index contributed by atoms with van der Waals surface area (Å²) in [5.41, 5.74) is 14.0. The van der Waals surface area contributed by atoms with Crippen molar-refractivity contribution >= 4 is 46.1 Å². The molecule has 0 fully saturated rings. The quantitative estimate of drug-likeness (QED) is 0.129. The number of aryl methyl sites for hydroxylation is 1. The Hall–Kier alpha value is -5.08. The first kappa shape index (κ1) is 32.3. The molecule has 0 radical (unpaired) electrons. The molecule has 2 nitrogen and oxygen atoms in total. The Bertz CT molecular complexity index is 1940. The number of rotatable bonds is 11. The Morgan fingerprint density at radius 2 is 1.70 bits per heavy atom. The van der Waals surface area contributed by atoms with E-state index >= 15 is 0 Å². The molecule has 0 saturated heterocycles. The minimum Gasteiger partial charge on any atom is -0.308 e. The van der Waals surface area contributed by atoms with Crippen molar-refractivity contribution in [2.45, 2.75) is 53.4 Å². The smallest absolute Gasteiger partial charge is 0.222 e. The molecule has 0 spiro atoms. The number of nitrogens with zero attached hydrogens (tertiary/aromatic N) is 1. The molecule has 230 valence electrons. The molecule has 3 aromatic carbocycles. The third kappa shape index (κ3) is 6.48. The lowest BCUT2D eigenvalue weighted by atomic mass is 9.85. The Kier molecular flexibility index (Phi) is 10.7. The van der Waals surface area contributed by atoms with Crippen LogP contribution in [0.3, 0.4) is 0 Å². The van der Waals surface area contributed by atoms with E-state index in [0.717, 1.165) is 36.8 Å². The van der Waals surface area contributed by atoms with Crippen LogP contribution in [0.1, 0.15) is 74.8 Å². The lowest BCUT2D eigenvalue weighted by molar-refractivity contribution is -0.358. The molecule has 1 heterocycles. The Balaban J connectivity index is 1.67. The molecule has 1 N–H and O–H groups in total. The van der Waals surface area contributed by atoms with Crippen LogP contribution in [0.4, 0.5) is 0 Å². The van der Waals surface area contributed by atoms with Crippen molar-refractivity contribution in [1.29, 1.82) is 5.41 Å². The largest absolute Gasteiger partial charge is 0.308 e. The minimum absolute atomic E-state index is 0.921. The van der Waals surface area contributed by atoms with Crippen molar-refractivity contribution in [3.8, 4) is 0 Å². The summed E-state index contributed by atoms with van der Waals surface area (Å²) < 4.78 is 2.43. The van der Waals surface area contributed by atoms with Crippen LogP contribution in [-0.4, -0.2) is 17.0 Å². The van der Waals surface area contributed by atoms with Crippen LogP contribution in [0.5, 0.6) is 0 Å². The van der Waals surface area contributed by atoms with Crippen molar-refractivity contribution in [2.75, 3.05) is 0 Å². The molecule has 3 aromatic rings. The Morgan fingerprint density at radius 1 is 0.891 bits per heavy atom. The van der Waals surface area contributed by atoms with E-state index in [9.17, 15) is 0 Å². The SMILES string of the molecule is C=C/C=C\C=Cc1ccc(/C(=C/C2=C(CC)C3=C(c4ccc(/C(C=N)=C/C)cc4CC3)[N+]2=C/C=C\C=C/C)CC)c2ccccc12. The maximum atomic E-state index is 7.89. The van der Waals surface area contributed by atoms with Gasteiger partial charge in [-0.1, -0.05) is 124 Å². The fraction of sp³-hybridized carbons (Fsp3) is 0.182. The van der Waals surface area contributed by atoms with Gasteiger partial charge in [0, 0.05) is 29.5 Å². The van der Waals surface area contributed by atoms with E-state index < -0.39 is 0 Å². The van der Waals surface area contributed by atoms with Crippen molar-refractivity contribution < 1.29 is 4.58 Å². The summed E-state index contributed by atoms with van der Waals surface area (Å²) in [4.78, 5) is 0. The first-order valence-electron chi connectivity index (χ1n) is 16.5. The van der Waals surface area contributed by atoms with Crippen LogP contribution in [0.2, 0.25) is 0 Å². The molecule has 1 aliphatic heterocycles. The molecular formula is C44H45N2+. The predicted molar refractivity (Wildman–Crippen MR) is 202 cm³/mol. The van der Waals surface area contributed by atoms with E-state index in [2.05, 4.69) is 128 Å². The topological polar surface area (TPSA) is 26.9 Å². The van der Waals surface area contributed by atoms with E-state index in [1.54, 1.807) is 6.08 Å². The summed E-state index contributed by atoms with van der Waals surface area (Å²) >= 11 is 0. The molecule has 0 aromatic heterocycles. The molecule has 2 heteroatoms. The Labute approximate surface area is 275 Å². The molecule has 46 heavy (non-hydrogen) atoms. The van der Waals surface area contributed by atoms with Crippen LogP contribution in [0.25, 0.3) is 33.7 Å². The predicted octanol–water partition coefficient (Wildman–Crippen LogP) is 11.7. The van der Waals surface area contributed by atoms with Gasteiger partial charge in [-0.2, -0.15) is 4.58 Å². The number of benzene rings is 3. The highest BCUT2D eigenvalue weighted by Gasteiger charge is 2.39. The molecule has 0 amide bonds. The minimum atomic E-state index is 0.921. The molecule has 1 aliphatic carbocycles. The van der Waals surface area contributed by atoms with Gasteiger partial charge in [-0.15, -0.1) is 0 Å². The fourth-order valence-electron chi connectivity index (χ4n) is 6.68. The van der Waals surface area contributed by atoms with Crippen molar-refractivity contribution in [1.82, 2.24) is 0 Å². The first-order chi connectivity index (χ1) is 22.6. The van der Waals surface area contributed by atoms with Gasteiger partial charge in [-0.3, -0.25) is 0 Å². The molecule has 0 bridgehead atoms. The highest BCUT2D eigenvalue weighted by atomic mass is 15.0. The van der Waals surface area contributed by atoms with Gasteiger partial charge in [0.25, 0.3) is 0 Å². The normalized spacial score (nSPS) is 16.7. The lowest BCUT2D eigenvalue weighted by Gasteiger charge is -2.17. The van der Waals surface area contributed by atoms with Crippen molar-refractivity contribution in [3.05, 3.63) is 167 Å².